The van der Waals surface area contributed by atoms with Crippen molar-refractivity contribution in [1.29, 1.82) is 0 Å². The quantitative estimate of drug-likeness (QED) is 0.285. The molecule has 0 fully saturated rings. The van der Waals surface area contributed by atoms with Gasteiger partial charge in [0.25, 0.3) is 21.5 Å². The van der Waals surface area contributed by atoms with Gasteiger partial charge in [0.05, 0.1) is 10.4 Å². The van der Waals surface area contributed by atoms with Gasteiger partial charge < -0.3 is 16.8 Å². The maximum absolute atomic E-state index is 13.1. The fourth-order valence-electron chi connectivity index (χ4n) is 3.15. The molecule has 2 aromatic heterocycles. The third-order valence-electron chi connectivity index (χ3n) is 4.83. The smallest absolute Gasteiger partial charge is 0.284 e. The van der Waals surface area contributed by atoms with Crippen LogP contribution in [0.2, 0.25) is 5.02 Å². The number of rotatable bonds is 5. The first-order valence-corrected chi connectivity index (χ1v) is 11.3. The molecular weight excluding hydrogens is 470 g/mol. The minimum atomic E-state index is -4.23. The summed E-state index contributed by atoms with van der Waals surface area (Å²) in [7, 11) is -4.23. The lowest BCUT2D eigenvalue weighted by atomic mass is 10.1. The Bertz CT molecular complexity index is 1540. The number of nitrogens with zero attached hydrogens (tertiary/aromatic N) is 2. The van der Waals surface area contributed by atoms with Crippen LogP contribution in [0.1, 0.15) is 15.9 Å². The zero-order chi connectivity index (χ0) is 23.9. The number of sulfonamides is 1. The summed E-state index contributed by atoms with van der Waals surface area (Å²) in [5, 5.41) is 9.18. The van der Waals surface area contributed by atoms with Crippen LogP contribution in [-0.2, 0) is 10.0 Å². The van der Waals surface area contributed by atoms with E-state index in [2.05, 4.69) is 20.3 Å². The molecule has 13 heteroatoms. The molecule has 0 atom stereocenters. The van der Waals surface area contributed by atoms with Gasteiger partial charge >= 0.3 is 0 Å². The molecule has 0 aliphatic heterocycles. The Morgan fingerprint density at radius 2 is 1.73 bits per heavy atom. The number of carbonyl (C=O) groups excluding carboxylic acids is 1. The number of H-pyrrole nitrogens is 1. The predicted octanol–water partition coefficient (Wildman–Crippen LogP) is 2.04. The van der Waals surface area contributed by atoms with Gasteiger partial charge in [0.1, 0.15) is 16.8 Å². The molecule has 0 saturated carbocycles. The Morgan fingerprint density at radius 1 is 1.09 bits per heavy atom. The monoisotopic (exact) mass is 487 g/mol. The van der Waals surface area contributed by atoms with Crippen LogP contribution in [0.15, 0.2) is 58.2 Å². The molecule has 4 aromatic rings. The molecule has 33 heavy (non-hydrogen) atoms. The number of hydrogen-bond donors (Lipinski definition) is 5. The van der Waals surface area contributed by atoms with Crippen molar-refractivity contribution in [3.8, 4) is 0 Å². The summed E-state index contributed by atoms with van der Waals surface area (Å²) in [6.45, 7) is 1.80. The maximum Gasteiger partial charge on any atom is 0.284 e. The standard InChI is InChI=1S/C20H18ClN7O4S/c1-10-2-8-13(9-3-10)33(31,32)27-28-18(23)15(16-14(20(28)30)17(22)26-25-16)19(29)24-12-6-4-11(21)5-7-12/h2-9,27H,23H2,1H3,(H,24,29)(H3,22,25,26). The minimum absolute atomic E-state index is 0.0350. The molecule has 2 heterocycles. The number of benzene rings is 2. The summed E-state index contributed by atoms with van der Waals surface area (Å²) in [5.74, 6) is -1.41. The number of aryl methyl sites for hydroxylation is 1. The van der Waals surface area contributed by atoms with E-state index in [1.165, 1.54) is 12.1 Å². The number of aromatic amines is 1. The highest BCUT2D eigenvalue weighted by molar-refractivity contribution is 7.92. The first kappa shape index (κ1) is 22.2. The van der Waals surface area contributed by atoms with Crippen LogP contribution in [-0.4, -0.2) is 29.2 Å². The molecular formula is C20H18ClN7O4S. The zero-order valence-corrected chi connectivity index (χ0v) is 18.7. The second-order valence-electron chi connectivity index (χ2n) is 7.13. The van der Waals surface area contributed by atoms with Gasteiger partial charge in [0.15, 0.2) is 5.82 Å². The third kappa shape index (κ3) is 4.08. The van der Waals surface area contributed by atoms with E-state index in [1.54, 1.807) is 43.3 Å². The summed E-state index contributed by atoms with van der Waals surface area (Å²) in [5.41, 5.74) is 12.0. The number of anilines is 3. The molecule has 0 saturated heterocycles. The van der Waals surface area contributed by atoms with Gasteiger partial charge in [0.2, 0.25) is 0 Å². The Labute approximate surface area is 192 Å². The van der Waals surface area contributed by atoms with Gasteiger partial charge in [-0.25, -0.2) is 4.83 Å². The Hall–Kier alpha value is -4.03. The molecule has 1 amide bonds. The SMILES string of the molecule is Cc1ccc(S(=O)(=O)Nn2c(N)c(C(=O)Nc3ccc(Cl)cc3)c3[nH]nc(N)c3c2=O)cc1. The van der Waals surface area contributed by atoms with Crippen molar-refractivity contribution in [3.05, 3.63) is 75.0 Å². The van der Waals surface area contributed by atoms with Crippen LogP contribution in [0, 0.1) is 6.92 Å². The molecule has 170 valence electrons. The minimum Gasteiger partial charge on any atom is -0.383 e. The third-order valence-corrected chi connectivity index (χ3v) is 6.40. The number of nitrogens with one attached hydrogen (secondary N) is 3. The number of nitrogen functional groups attached to an aromatic ring is 2. The topological polar surface area (TPSA) is 178 Å². The molecule has 0 radical (unpaired) electrons. The molecule has 7 N–H and O–H groups in total. The fourth-order valence-corrected chi connectivity index (χ4v) is 4.30. The lowest BCUT2D eigenvalue weighted by Gasteiger charge is -2.16. The largest absolute Gasteiger partial charge is 0.383 e. The maximum atomic E-state index is 13.1. The first-order chi connectivity index (χ1) is 15.6. The van der Waals surface area contributed by atoms with Crippen LogP contribution in [0.25, 0.3) is 10.9 Å². The van der Waals surface area contributed by atoms with E-state index in [1.807, 2.05) is 0 Å². The van der Waals surface area contributed by atoms with Crippen molar-refractivity contribution < 1.29 is 13.2 Å². The van der Waals surface area contributed by atoms with E-state index in [0.29, 0.717) is 15.4 Å². The highest BCUT2D eigenvalue weighted by atomic mass is 35.5. The number of carbonyl (C=O) groups is 1. The lowest BCUT2D eigenvalue weighted by Crippen LogP contribution is -2.36. The van der Waals surface area contributed by atoms with Gasteiger partial charge in [-0.05, 0) is 43.3 Å². The van der Waals surface area contributed by atoms with Crippen molar-refractivity contribution in [2.24, 2.45) is 0 Å². The van der Waals surface area contributed by atoms with Crippen LogP contribution in [0.3, 0.4) is 0 Å². The van der Waals surface area contributed by atoms with Crippen molar-refractivity contribution in [3.63, 3.8) is 0 Å². The second kappa shape index (κ2) is 8.15. The van der Waals surface area contributed by atoms with Gasteiger partial charge in [-0.1, -0.05) is 29.3 Å². The van der Waals surface area contributed by atoms with Crippen molar-refractivity contribution >= 4 is 55.8 Å². The van der Waals surface area contributed by atoms with Crippen molar-refractivity contribution in [1.82, 2.24) is 14.9 Å². The summed E-state index contributed by atoms with van der Waals surface area (Å²) >= 11 is 5.87. The molecule has 2 aromatic carbocycles. The summed E-state index contributed by atoms with van der Waals surface area (Å²) in [4.78, 5) is 28.1. The van der Waals surface area contributed by atoms with Gasteiger partial charge in [-0.3, -0.25) is 14.7 Å². The normalized spacial score (nSPS) is 11.5. The second-order valence-corrected chi connectivity index (χ2v) is 9.23. The summed E-state index contributed by atoms with van der Waals surface area (Å²) < 4.78 is 26.3. The van der Waals surface area contributed by atoms with E-state index >= 15 is 0 Å². The van der Waals surface area contributed by atoms with Crippen LogP contribution in [0.5, 0.6) is 0 Å². The number of halogens is 1. The van der Waals surface area contributed by atoms with Gasteiger partial charge in [-0.2, -0.15) is 18.2 Å². The van der Waals surface area contributed by atoms with Crippen LogP contribution < -0.4 is 27.2 Å². The van der Waals surface area contributed by atoms with E-state index in [4.69, 9.17) is 23.1 Å². The number of hydrogen-bond acceptors (Lipinski definition) is 7. The first-order valence-electron chi connectivity index (χ1n) is 9.43. The molecule has 0 spiro atoms. The van der Waals surface area contributed by atoms with Crippen LogP contribution in [0.4, 0.5) is 17.3 Å². The summed E-state index contributed by atoms with van der Waals surface area (Å²) in [6.07, 6.45) is 0. The number of fused-ring (bicyclic) bond motifs is 1. The van der Waals surface area contributed by atoms with Gasteiger partial charge in [0, 0.05) is 10.7 Å². The molecule has 4 rings (SSSR count). The molecule has 0 bridgehead atoms. The van der Waals surface area contributed by atoms with E-state index in [0.717, 1.165) is 5.56 Å². The Kier molecular flexibility index (Phi) is 5.47. The predicted molar refractivity (Wildman–Crippen MR) is 126 cm³/mol. The average Bonchev–Trinajstić information content (AvgIpc) is 3.14. The van der Waals surface area contributed by atoms with E-state index < -0.39 is 27.3 Å². The average molecular weight is 488 g/mol. The molecule has 0 unspecified atom stereocenters. The summed E-state index contributed by atoms with van der Waals surface area (Å²) in [6, 6.07) is 12.2. The highest BCUT2D eigenvalue weighted by Crippen LogP contribution is 2.25. The molecule has 11 nitrogen and oxygen atoms in total. The zero-order valence-electron chi connectivity index (χ0n) is 17.1. The highest BCUT2D eigenvalue weighted by Gasteiger charge is 2.26. The number of aromatic nitrogens is 3. The van der Waals surface area contributed by atoms with Crippen LogP contribution >= 0.6 is 11.6 Å². The van der Waals surface area contributed by atoms with Gasteiger partial charge in [-0.15, -0.1) is 0 Å². The van der Waals surface area contributed by atoms with Crippen molar-refractivity contribution in [2.75, 3.05) is 21.6 Å². The molecule has 0 aliphatic rings. The number of nitrogens with two attached hydrogens (primary N) is 2. The Balaban J connectivity index is 1.85. The number of amides is 1. The van der Waals surface area contributed by atoms with E-state index in [-0.39, 0.29) is 27.2 Å². The number of pyridine rings is 1. The van der Waals surface area contributed by atoms with Crippen molar-refractivity contribution in [2.45, 2.75) is 11.8 Å². The Morgan fingerprint density at radius 3 is 2.36 bits per heavy atom. The van der Waals surface area contributed by atoms with E-state index in [9.17, 15) is 18.0 Å². The lowest BCUT2D eigenvalue weighted by molar-refractivity contribution is 0.102. The molecule has 0 aliphatic carbocycles. The fraction of sp³-hybridized carbons (Fsp3) is 0.0500.